The van der Waals surface area contributed by atoms with Gasteiger partial charge in [0.15, 0.2) is 0 Å². The quantitative estimate of drug-likeness (QED) is 0.384. The predicted molar refractivity (Wildman–Crippen MR) is 129 cm³/mol. The highest BCUT2D eigenvalue weighted by Gasteiger charge is 2.42. The van der Waals surface area contributed by atoms with Gasteiger partial charge >= 0.3 is 12.3 Å². The van der Waals surface area contributed by atoms with E-state index in [1.165, 1.54) is 18.3 Å². The summed E-state index contributed by atoms with van der Waals surface area (Å²) in [7, 11) is 0. The molecule has 1 saturated carbocycles. The molecular weight excluding hydrogens is 503 g/mol. The van der Waals surface area contributed by atoms with Crippen molar-refractivity contribution >= 4 is 11.8 Å². The minimum atomic E-state index is -4.83. The van der Waals surface area contributed by atoms with Gasteiger partial charge in [-0.2, -0.15) is 0 Å². The number of carbonyl (C=O) groups is 1. The molecular formula is C27H26F3N3O5. The third kappa shape index (κ3) is 4.94. The number of ether oxygens (including phenoxy) is 2. The van der Waals surface area contributed by atoms with Crippen LogP contribution >= 0.6 is 0 Å². The largest absolute Gasteiger partial charge is 0.573 e. The number of hydrogen-bond acceptors (Lipinski definition) is 7. The molecule has 2 bridgehead atoms. The van der Waals surface area contributed by atoms with E-state index in [2.05, 4.69) is 19.8 Å². The van der Waals surface area contributed by atoms with Crippen LogP contribution in [0.25, 0.3) is 11.3 Å². The minimum absolute atomic E-state index is 0.0430. The van der Waals surface area contributed by atoms with Crippen molar-refractivity contribution in [2.24, 2.45) is 0 Å². The Balaban J connectivity index is 1.19. The molecule has 0 amide bonds. The maximum Gasteiger partial charge on any atom is 0.573 e. The molecule has 11 heteroatoms. The van der Waals surface area contributed by atoms with E-state index >= 15 is 0 Å². The standard InChI is InChI=1S/C27H26F3N3O5/c28-27(29,30)37-22-4-2-1-3-20(22)24-21(25(38-32-24)15-5-6-15)14-36-19-11-17-8-9-18(12-19)33(17)23-10-7-16(13-31-23)26(34)35/h1-4,7,10,13,15,17-19H,5-6,8-9,11-12,14H2,(H,34,35)/t17-,18+,19?. The summed E-state index contributed by atoms with van der Waals surface area (Å²) in [5, 5.41) is 13.3. The van der Waals surface area contributed by atoms with Crippen LogP contribution < -0.4 is 9.64 Å². The average Bonchev–Trinajstić information content (AvgIpc) is 3.58. The first kappa shape index (κ1) is 24.7. The third-order valence-electron chi connectivity index (χ3n) is 7.55. The Morgan fingerprint density at radius 3 is 2.45 bits per heavy atom. The second-order valence-corrected chi connectivity index (χ2v) is 10.1. The maximum absolute atomic E-state index is 13.0. The third-order valence-corrected chi connectivity index (χ3v) is 7.55. The predicted octanol–water partition coefficient (Wildman–Crippen LogP) is 5.93. The van der Waals surface area contributed by atoms with E-state index < -0.39 is 12.3 Å². The van der Waals surface area contributed by atoms with Crippen molar-refractivity contribution in [1.82, 2.24) is 10.1 Å². The summed E-state index contributed by atoms with van der Waals surface area (Å²) in [6.07, 6.45) is 1.91. The van der Waals surface area contributed by atoms with Gasteiger partial charge in [0.25, 0.3) is 0 Å². The van der Waals surface area contributed by atoms with Gasteiger partial charge in [-0.3, -0.25) is 0 Å². The van der Waals surface area contributed by atoms with Crippen LogP contribution in [0, 0.1) is 0 Å². The lowest BCUT2D eigenvalue weighted by Crippen LogP contribution is -2.46. The Morgan fingerprint density at radius 1 is 1.08 bits per heavy atom. The van der Waals surface area contributed by atoms with Crippen molar-refractivity contribution in [3.63, 3.8) is 0 Å². The van der Waals surface area contributed by atoms with Gasteiger partial charge in [0.05, 0.1) is 18.3 Å². The van der Waals surface area contributed by atoms with E-state index in [-0.39, 0.29) is 47.6 Å². The summed E-state index contributed by atoms with van der Waals surface area (Å²) in [4.78, 5) is 17.8. The lowest BCUT2D eigenvalue weighted by Gasteiger charge is -2.39. The number of pyridine rings is 1. The lowest BCUT2D eigenvalue weighted by molar-refractivity contribution is -0.274. The van der Waals surface area contributed by atoms with Crippen LogP contribution in [-0.4, -0.2) is 45.8 Å². The Morgan fingerprint density at radius 2 is 1.82 bits per heavy atom. The molecule has 1 aromatic carbocycles. The van der Waals surface area contributed by atoms with Crippen molar-refractivity contribution in [1.29, 1.82) is 0 Å². The van der Waals surface area contributed by atoms with Crippen molar-refractivity contribution in [3.05, 3.63) is 59.5 Å². The molecule has 3 atom stereocenters. The monoisotopic (exact) mass is 529 g/mol. The summed E-state index contributed by atoms with van der Waals surface area (Å²) in [5.74, 6) is 0.294. The molecule has 8 nitrogen and oxygen atoms in total. The molecule has 3 aliphatic rings. The zero-order valence-corrected chi connectivity index (χ0v) is 20.4. The number of benzene rings is 1. The molecule has 2 saturated heterocycles. The number of nitrogens with zero attached hydrogens (tertiary/aromatic N) is 3. The van der Waals surface area contributed by atoms with Crippen LogP contribution in [0.4, 0.5) is 19.0 Å². The van der Waals surface area contributed by atoms with Gasteiger partial charge < -0.3 is 24.0 Å². The van der Waals surface area contributed by atoms with Crippen molar-refractivity contribution in [3.8, 4) is 17.0 Å². The first-order chi connectivity index (χ1) is 18.3. The zero-order valence-electron chi connectivity index (χ0n) is 20.4. The van der Waals surface area contributed by atoms with Gasteiger partial charge in [-0.05, 0) is 62.8 Å². The highest BCUT2D eigenvalue weighted by molar-refractivity contribution is 5.87. The molecule has 0 spiro atoms. The Hall–Kier alpha value is -3.60. The molecule has 3 fully saturated rings. The number of rotatable bonds is 8. The Labute approximate surface area is 216 Å². The van der Waals surface area contributed by atoms with Crippen molar-refractivity contribution < 1.29 is 37.1 Å². The van der Waals surface area contributed by atoms with E-state index in [0.717, 1.165) is 44.3 Å². The fourth-order valence-corrected chi connectivity index (χ4v) is 5.72. The van der Waals surface area contributed by atoms with E-state index in [0.29, 0.717) is 17.0 Å². The maximum atomic E-state index is 13.0. The van der Waals surface area contributed by atoms with E-state index in [9.17, 15) is 18.0 Å². The number of para-hydroxylation sites is 1. The minimum Gasteiger partial charge on any atom is -0.478 e. The summed E-state index contributed by atoms with van der Waals surface area (Å²) >= 11 is 0. The van der Waals surface area contributed by atoms with Gasteiger partial charge in [-0.25, -0.2) is 9.78 Å². The number of carboxylic acids is 1. The van der Waals surface area contributed by atoms with Gasteiger partial charge in [-0.1, -0.05) is 17.3 Å². The zero-order chi connectivity index (χ0) is 26.4. The molecule has 6 rings (SSSR count). The van der Waals surface area contributed by atoms with Gasteiger partial charge in [0.2, 0.25) is 0 Å². The average molecular weight is 530 g/mol. The summed E-state index contributed by atoms with van der Waals surface area (Å²) in [6.45, 7) is 0.181. The van der Waals surface area contributed by atoms with Crippen LogP contribution in [0.2, 0.25) is 0 Å². The number of aromatic nitrogens is 2. The van der Waals surface area contributed by atoms with Crippen molar-refractivity contribution in [2.45, 2.75) is 75.6 Å². The molecule has 2 aromatic heterocycles. The van der Waals surface area contributed by atoms with Crippen molar-refractivity contribution in [2.75, 3.05) is 4.90 Å². The number of fused-ring (bicyclic) bond motifs is 2. The topological polar surface area (TPSA) is 97.9 Å². The molecule has 4 heterocycles. The summed E-state index contributed by atoms with van der Waals surface area (Å²) in [5.41, 5.74) is 1.35. The molecule has 2 aliphatic heterocycles. The number of hydrogen-bond donors (Lipinski definition) is 1. The summed E-state index contributed by atoms with van der Waals surface area (Å²) < 4.78 is 55.4. The Kier molecular flexibility index (Phi) is 6.25. The molecule has 1 N–H and O–H groups in total. The fourth-order valence-electron chi connectivity index (χ4n) is 5.72. The van der Waals surface area contributed by atoms with E-state index in [1.54, 1.807) is 24.3 Å². The highest BCUT2D eigenvalue weighted by Crippen LogP contribution is 2.46. The fraction of sp³-hybridized carbons (Fsp3) is 0.444. The number of anilines is 1. The summed E-state index contributed by atoms with van der Waals surface area (Å²) in [6, 6.07) is 9.68. The normalized spacial score (nSPS) is 23.0. The first-order valence-corrected chi connectivity index (χ1v) is 12.7. The van der Waals surface area contributed by atoms with E-state index in [1.807, 2.05) is 0 Å². The van der Waals surface area contributed by atoms with Crippen LogP contribution in [0.3, 0.4) is 0 Å². The lowest BCUT2D eigenvalue weighted by atomic mass is 9.99. The second kappa shape index (κ2) is 9.61. The van der Waals surface area contributed by atoms with Crippen LogP contribution in [0.5, 0.6) is 5.75 Å². The number of halogens is 3. The molecule has 3 aromatic rings. The SMILES string of the molecule is O=C(O)c1ccc(N2[C@@H]3CC[C@H]2CC(OCc2c(-c4ccccc4OC(F)(F)F)noc2C2CC2)C3)nc1. The highest BCUT2D eigenvalue weighted by atomic mass is 19.4. The van der Waals surface area contributed by atoms with Gasteiger partial charge in [0.1, 0.15) is 23.0 Å². The molecule has 1 unspecified atom stereocenters. The van der Waals surface area contributed by atoms with Gasteiger partial charge in [-0.15, -0.1) is 13.2 Å². The number of aromatic carboxylic acids is 1. The molecule has 200 valence electrons. The van der Waals surface area contributed by atoms with Crippen LogP contribution in [0.1, 0.15) is 66.1 Å². The molecule has 1 aliphatic carbocycles. The van der Waals surface area contributed by atoms with E-state index in [4.69, 9.17) is 14.4 Å². The van der Waals surface area contributed by atoms with Crippen LogP contribution in [-0.2, 0) is 11.3 Å². The Bertz CT molecular complexity index is 1310. The van der Waals surface area contributed by atoms with Crippen LogP contribution in [0.15, 0.2) is 47.1 Å². The number of alkyl halides is 3. The number of piperidine rings is 1. The second-order valence-electron chi connectivity index (χ2n) is 10.1. The number of carboxylic acid groups (broad SMARTS) is 1. The molecule has 38 heavy (non-hydrogen) atoms. The smallest absolute Gasteiger partial charge is 0.478 e. The molecule has 0 radical (unpaired) electrons. The first-order valence-electron chi connectivity index (χ1n) is 12.7. The van der Waals surface area contributed by atoms with Gasteiger partial charge in [0, 0.05) is 35.3 Å².